The molecule has 1 N–H and O–H groups in total. The zero-order valence-corrected chi connectivity index (χ0v) is 7.58. The molecule has 1 fully saturated rings. The monoisotopic (exact) mass is 183 g/mol. The molecule has 1 saturated carbocycles. The lowest BCUT2D eigenvalue weighted by atomic mass is 10.4. The second-order valence-electron chi connectivity index (χ2n) is 3.49. The zero-order chi connectivity index (χ0) is 9.26. The van der Waals surface area contributed by atoms with Gasteiger partial charge in [0.05, 0.1) is 0 Å². The van der Waals surface area contributed by atoms with E-state index in [1.165, 1.54) is 6.26 Å². The van der Waals surface area contributed by atoms with E-state index in [0.29, 0.717) is 30.9 Å². The van der Waals surface area contributed by atoms with Gasteiger partial charge < -0.3 is 14.8 Å². The van der Waals surface area contributed by atoms with Gasteiger partial charge in [0.1, 0.15) is 19.5 Å². The average Bonchev–Trinajstić information content (AvgIpc) is 2.83. The van der Waals surface area contributed by atoms with Crippen molar-refractivity contribution in [2.24, 2.45) is 5.92 Å². The molecule has 2 unspecified atom stereocenters. The topological polar surface area (TPSA) is 47.6 Å². The molecule has 2 aliphatic rings. The van der Waals surface area contributed by atoms with E-state index in [2.05, 4.69) is 12.2 Å². The van der Waals surface area contributed by atoms with E-state index in [1.807, 2.05) is 0 Å². The summed E-state index contributed by atoms with van der Waals surface area (Å²) in [4.78, 5) is 11.4. The van der Waals surface area contributed by atoms with Gasteiger partial charge in [-0.1, -0.05) is 6.92 Å². The predicted octanol–water partition coefficient (Wildman–Crippen LogP) is 0.399. The van der Waals surface area contributed by atoms with Crippen LogP contribution in [0.5, 0.6) is 0 Å². The normalized spacial score (nSPS) is 31.0. The van der Waals surface area contributed by atoms with Crippen molar-refractivity contribution in [3.63, 3.8) is 0 Å². The molecule has 1 aliphatic carbocycles. The molecule has 0 saturated heterocycles. The molecular weight excluding hydrogens is 170 g/mol. The first-order valence-corrected chi connectivity index (χ1v) is 4.53. The van der Waals surface area contributed by atoms with E-state index in [-0.39, 0.29) is 5.91 Å². The van der Waals surface area contributed by atoms with Crippen LogP contribution in [0, 0.1) is 5.92 Å². The highest BCUT2D eigenvalue weighted by atomic mass is 16.6. The minimum absolute atomic E-state index is 0.158. The molecule has 0 radical (unpaired) electrons. The first kappa shape index (κ1) is 8.41. The molecule has 2 atom stereocenters. The Morgan fingerprint density at radius 1 is 1.62 bits per heavy atom. The third-order valence-corrected chi connectivity index (χ3v) is 2.30. The summed E-state index contributed by atoms with van der Waals surface area (Å²) < 4.78 is 10.1. The first-order chi connectivity index (χ1) is 6.27. The number of hydrogen-bond acceptors (Lipinski definition) is 3. The third-order valence-electron chi connectivity index (χ3n) is 2.30. The largest absolute Gasteiger partial charge is 0.494 e. The molecule has 0 aromatic rings. The van der Waals surface area contributed by atoms with Gasteiger partial charge in [-0.3, -0.25) is 4.79 Å². The van der Waals surface area contributed by atoms with E-state index in [4.69, 9.17) is 9.47 Å². The minimum atomic E-state index is -0.158. The molecule has 1 heterocycles. The van der Waals surface area contributed by atoms with Gasteiger partial charge in [0, 0.05) is 6.04 Å². The summed E-state index contributed by atoms with van der Waals surface area (Å²) in [6.45, 7) is 3.09. The lowest BCUT2D eigenvalue weighted by Crippen LogP contribution is -2.30. The second-order valence-corrected chi connectivity index (χ2v) is 3.49. The van der Waals surface area contributed by atoms with Crippen molar-refractivity contribution >= 4 is 5.91 Å². The molecule has 0 aromatic heterocycles. The second kappa shape index (κ2) is 3.28. The molecule has 0 spiro atoms. The number of carbonyl (C=O) groups excluding carboxylic acids is 1. The van der Waals surface area contributed by atoms with Gasteiger partial charge in [-0.15, -0.1) is 0 Å². The summed E-state index contributed by atoms with van der Waals surface area (Å²) in [5, 5.41) is 2.86. The fourth-order valence-electron chi connectivity index (χ4n) is 1.25. The zero-order valence-electron chi connectivity index (χ0n) is 7.58. The van der Waals surface area contributed by atoms with E-state index in [1.54, 1.807) is 0 Å². The predicted molar refractivity (Wildman–Crippen MR) is 45.7 cm³/mol. The third kappa shape index (κ3) is 1.94. The fourth-order valence-corrected chi connectivity index (χ4v) is 1.25. The highest BCUT2D eigenvalue weighted by molar-refractivity contribution is 5.91. The maximum atomic E-state index is 11.4. The Hall–Kier alpha value is -1.19. The van der Waals surface area contributed by atoms with Crippen molar-refractivity contribution in [1.82, 2.24) is 5.32 Å². The number of amides is 1. The maximum absolute atomic E-state index is 11.4. The van der Waals surface area contributed by atoms with Crippen molar-refractivity contribution in [1.29, 1.82) is 0 Å². The number of rotatable bonds is 2. The highest BCUT2D eigenvalue weighted by Crippen LogP contribution is 2.29. The van der Waals surface area contributed by atoms with Crippen LogP contribution in [0.2, 0.25) is 0 Å². The van der Waals surface area contributed by atoms with Crippen molar-refractivity contribution in [3.05, 3.63) is 12.0 Å². The van der Waals surface area contributed by atoms with Gasteiger partial charge >= 0.3 is 0 Å². The molecule has 1 aliphatic heterocycles. The maximum Gasteiger partial charge on any atom is 0.289 e. The summed E-state index contributed by atoms with van der Waals surface area (Å²) >= 11 is 0. The van der Waals surface area contributed by atoms with E-state index < -0.39 is 0 Å². The Morgan fingerprint density at radius 3 is 2.92 bits per heavy atom. The highest BCUT2D eigenvalue weighted by Gasteiger charge is 2.35. The molecule has 4 nitrogen and oxygen atoms in total. The summed E-state index contributed by atoms with van der Waals surface area (Å²) in [5.41, 5.74) is 0. The van der Waals surface area contributed by atoms with Crippen LogP contribution in [0.25, 0.3) is 0 Å². The Kier molecular flexibility index (Phi) is 2.12. The number of carbonyl (C=O) groups is 1. The molecular formula is C9H13NO3. The van der Waals surface area contributed by atoms with Crippen LogP contribution in [-0.2, 0) is 14.3 Å². The summed E-state index contributed by atoms with van der Waals surface area (Å²) in [7, 11) is 0. The van der Waals surface area contributed by atoms with Gasteiger partial charge in [-0.2, -0.15) is 0 Å². The van der Waals surface area contributed by atoms with Crippen LogP contribution in [0.15, 0.2) is 12.0 Å². The molecule has 13 heavy (non-hydrogen) atoms. The molecule has 0 aromatic carbocycles. The SMILES string of the molecule is CC1CC1NC(=O)C1=COCCO1. The van der Waals surface area contributed by atoms with Crippen molar-refractivity contribution < 1.29 is 14.3 Å². The smallest absolute Gasteiger partial charge is 0.289 e. The first-order valence-electron chi connectivity index (χ1n) is 4.53. The summed E-state index contributed by atoms with van der Waals surface area (Å²) in [5.74, 6) is 0.744. The van der Waals surface area contributed by atoms with E-state index in [9.17, 15) is 4.79 Å². The van der Waals surface area contributed by atoms with Crippen LogP contribution in [0.3, 0.4) is 0 Å². The molecule has 72 valence electrons. The summed E-state index contributed by atoms with van der Waals surface area (Å²) in [6.07, 6.45) is 2.45. The number of ether oxygens (including phenoxy) is 2. The van der Waals surface area contributed by atoms with Crippen LogP contribution in [0.1, 0.15) is 13.3 Å². The molecule has 4 heteroatoms. The molecule has 0 bridgehead atoms. The molecule has 2 rings (SSSR count). The average molecular weight is 183 g/mol. The Labute approximate surface area is 76.9 Å². The fraction of sp³-hybridized carbons (Fsp3) is 0.667. The van der Waals surface area contributed by atoms with Crippen molar-refractivity contribution in [3.8, 4) is 0 Å². The van der Waals surface area contributed by atoms with Crippen molar-refractivity contribution in [2.45, 2.75) is 19.4 Å². The quantitative estimate of drug-likeness (QED) is 0.674. The lowest BCUT2D eigenvalue weighted by molar-refractivity contribution is -0.122. The minimum Gasteiger partial charge on any atom is -0.494 e. The van der Waals surface area contributed by atoms with Crippen LogP contribution >= 0.6 is 0 Å². The van der Waals surface area contributed by atoms with Gasteiger partial charge in [0.15, 0.2) is 0 Å². The van der Waals surface area contributed by atoms with Crippen LogP contribution < -0.4 is 5.32 Å². The number of hydrogen-bond donors (Lipinski definition) is 1. The van der Waals surface area contributed by atoms with Crippen molar-refractivity contribution in [2.75, 3.05) is 13.2 Å². The van der Waals surface area contributed by atoms with E-state index in [0.717, 1.165) is 6.42 Å². The Morgan fingerprint density at radius 2 is 2.38 bits per heavy atom. The Bertz CT molecular complexity index is 249. The van der Waals surface area contributed by atoms with Gasteiger partial charge in [0.25, 0.3) is 5.91 Å². The van der Waals surface area contributed by atoms with Gasteiger partial charge in [-0.25, -0.2) is 0 Å². The van der Waals surface area contributed by atoms with E-state index >= 15 is 0 Å². The molecule has 1 amide bonds. The van der Waals surface area contributed by atoms with Gasteiger partial charge in [-0.05, 0) is 12.3 Å². The number of nitrogens with one attached hydrogen (secondary N) is 1. The van der Waals surface area contributed by atoms with Gasteiger partial charge in [0.2, 0.25) is 5.76 Å². The standard InChI is InChI=1S/C9H13NO3/c1-6-4-7(6)10-9(11)8-5-12-2-3-13-8/h5-7H,2-4H2,1H3,(H,10,11). The Balaban J connectivity index is 1.85. The van der Waals surface area contributed by atoms with Crippen LogP contribution in [0.4, 0.5) is 0 Å². The summed E-state index contributed by atoms with van der Waals surface area (Å²) in [6, 6.07) is 0.332. The van der Waals surface area contributed by atoms with Crippen LogP contribution in [-0.4, -0.2) is 25.2 Å². The lowest BCUT2D eigenvalue weighted by Gasteiger charge is -2.14.